The van der Waals surface area contributed by atoms with E-state index in [9.17, 15) is 5.11 Å². The highest BCUT2D eigenvalue weighted by molar-refractivity contribution is 6.30. The Bertz CT molecular complexity index is 583. The molecule has 0 saturated carbocycles. The van der Waals surface area contributed by atoms with Crippen LogP contribution < -0.4 is 0 Å². The third-order valence-electron chi connectivity index (χ3n) is 6.45. The van der Waals surface area contributed by atoms with Gasteiger partial charge in [-0.25, -0.2) is 0 Å². The minimum absolute atomic E-state index is 0.184. The Balaban J connectivity index is 1.34. The van der Waals surface area contributed by atoms with Gasteiger partial charge in [0.2, 0.25) is 0 Å². The zero-order chi connectivity index (χ0) is 18.0. The number of nitrogens with zero attached hydrogens (tertiary/aromatic N) is 3. The first-order valence-corrected chi connectivity index (χ1v) is 10.3. The molecule has 1 aromatic heterocycles. The lowest BCUT2D eigenvalue weighted by molar-refractivity contribution is -0.0727. The average Bonchev–Trinajstić information content (AvgIpc) is 2.66. The van der Waals surface area contributed by atoms with Crippen LogP contribution in [0, 0.1) is 5.41 Å². The molecule has 3 aliphatic heterocycles. The standard InChI is InChI=1S/C20H30ClN3O2/c21-16-1-2-17(22-12-16)13-23-7-5-20(6-8-23)11-19(25)14-24(15-20)18-3-9-26-10-4-18/h1-2,12,18-19,25H,3-11,13-15H2. The molecule has 1 unspecified atom stereocenters. The highest BCUT2D eigenvalue weighted by Crippen LogP contribution is 2.41. The molecule has 0 aliphatic carbocycles. The molecule has 0 aromatic carbocycles. The molecule has 0 bridgehead atoms. The van der Waals surface area contributed by atoms with Crippen molar-refractivity contribution in [3.63, 3.8) is 0 Å². The molecular weight excluding hydrogens is 350 g/mol. The summed E-state index contributed by atoms with van der Waals surface area (Å²) in [5.74, 6) is 0. The van der Waals surface area contributed by atoms with Gasteiger partial charge in [0.05, 0.1) is 16.8 Å². The van der Waals surface area contributed by atoms with E-state index in [4.69, 9.17) is 16.3 Å². The molecule has 3 fully saturated rings. The molecule has 1 spiro atoms. The van der Waals surface area contributed by atoms with E-state index in [2.05, 4.69) is 14.8 Å². The van der Waals surface area contributed by atoms with Crippen LogP contribution in [0.1, 0.15) is 37.8 Å². The van der Waals surface area contributed by atoms with Crippen molar-refractivity contribution in [3.05, 3.63) is 29.0 Å². The van der Waals surface area contributed by atoms with Gasteiger partial charge in [-0.3, -0.25) is 14.8 Å². The van der Waals surface area contributed by atoms with Crippen molar-refractivity contribution in [2.24, 2.45) is 5.41 Å². The van der Waals surface area contributed by atoms with E-state index in [0.717, 1.165) is 83.7 Å². The monoisotopic (exact) mass is 379 g/mol. The predicted molar refractivity (Wildman–Crippen MR) is 102 cm³/mol. The third-order valence-corrected chi connectivity index (χ3v) is 6.67. The Morgan fingerprint density at radius 2 is 2.00 bits per heavy atom. The largest absolute Gasteiger partial charge is 0.392 e. The molecular formula is C20H30ClN3O2. The Morgan fingerprint density at radius 3 is 2.69 bits per heavy atom. The van der Waals surface area contributed by atoms with Crippen LogP contribution in [0.3, 0.4) is 0 Å². The van der Waals surface area contributed by atoms with Gasteiger partial charge in [0, 0.05) is 45.1 Å². The van der Waals surface area contributed by atoms with Crippen LogP contribution in [-0.2, 0) is 11.3 Å². The number of piperidine rings is 2. The molecule has 1 N–H and O–H groups in total. The van der Waals surface area contributed by atoms with Gasteiger partial charge in [-0.15, -0.1) is 0 Å². The van der Waals surface area contributed by atoms with Crippen LogP contribution in [0.5, 0.6) is 0 Å². The molecule has 4 heterocycles. The van der Waals surface area contributed by atoms with E-state index < -0.39 is 0 Å². The highest BCUT2D eigenvalue weighted by Gasteiger charge is 2.43. The summed E-state index contributed by atoms with van der Waals surface area (Å²) in [6, 6.07) is 4.52. The van der Waals surface area contributed by atoms with Crippen molar-refractivity contribution in [1.82, 2.24) is 14.8 Å². The number of aliphatic hydroxyl groups is 1. The fourth-order valence-corrected chi connectivity index (χ4v) is 5.11. The van der Waals surface area contributed by atoms with Crippen LogP contribution in [-0.4, -0.2) is 71.4 Å². The maximum Gasteiger partial charge on any atom is 0.0673 e. The minimum atomic E-state index is -0.184. The van der Waals surface area contributed by atoms with Crippen LogP contribution >= 0.6 is 11.6 Å². The predicted octanol–water partition coefficient (Wildman–Crippen LogP) is 2.56. The minimum Gasteiger partial charge on any atom is -0.392 e. The Kier molecular flexibility index (Phi) is 5.81. The number of ether oxygens (including phenoxy) is 1. The molecule has 26 heavy (non-hydrogen) atoms. The van der Waals surface area contributed by atoms with Crippen molar-refractivity contribution in [2.75, 3.05) is 39.4 Å². The smallest absolute Gasteiger partial charge is 0.0673 e. The molecule has 1 atom stereocenters. The molecule has 3 saturated heterocycles. The molecule has 0 amide bonds. The van der Waals surface area contributed by atoms with Crippen LogP contribution in [0.25, 0.3) is 0 Å². The van der Waals surface area contributed by atoms with E-state index in [-0.39, 0.29) is 11.5 Å². The Morgan fingerprint density at radius 1 is 1.23 bits per heavy atom. The van der Waals surface area contributed by atoms with Gasteiger partial charge >= 0.3 is 0 Å². The molecule has 4 rings (SSSR count). The summed E-state index contributed by atoms with van der Waals surface area (Å²) in [4.78, 5) is 9.48. The van der Waals surface area contributed by atoms with Crippen molar-refractivity contribution in [1.29, 1.82) is 0 Å². The first-order valence-electron chi connectivity index (χ1n) is 9.95. The quantitative estimate of drug-likeness (QED) is 0.874. The molecule has 144 valence electrons. The first-order chi connectivity index (χ1) is 12.6. The second-order valence-corrected chi connectivity index (χ2v) is 8.81. The normalized spacial score (nSPS) is 28.5. The third kappa shape index (κ3) is 4.39. The summed E-state index contributed by atoms with van der Waals surface area (Å²) in [7, 11) is 0. The lowest BCUT2D eigenvalue weighted by Crippen LogP contribution is -2.57. The van der Waals surface area contributed by atoms with E-state index >= 15 is 0 Å². The number of aromatic nitrogens is 1. The van der Waals surface area contributed by atoms with Gasteiger partial charge in [0.25, 0.3) is 0 Å². The van der Waals surface area contributed by atoms with Crippen LogP contribution in [0.4, 0.5) is 0 Å². The number of aliphatic hydroxyl groups excluding tert-OH is 1. The number of halogens is 1. The Hall–Kier alpha value is -0.720. The van der Waals surface area contributed by atoms with E-state index in [1.807, 2.05) is 12.1 Å². The van der Waals surface area contributed by atoms with Crippen molar-refractivity contribution < 1.29 is 9.84 Å². The maximum atomic E-state index is 10.5. The molecule has 6 heteroatoms. The number of β-amino-alcohol motifs (C(OH)–C–C–N with tert-alkyl or cyclic N) is 1. The molecule has 5 nitrogen and oxygen atoms in total. The number of pyridine rings is 1. The summed E-state index contributed by atoms with van der Waals surface area (Å²) >= 11 is 5.93. The van der Waals surface area contributed by atoms with Crippen molar-refractivity contribution >= 4 is 11.6 Å². The number of hydrogen-bond acceptors (Lipinski definition) is 5. The molecule has 1 aromatic rings. The van der Waals surface area contributed by atoms with E-state index in [0.29, 0.717) is 11.1 Å². The van der Waals surface area contributed by atoms with Crippen molar-refractivity contribution in [3.8, 4) is 0 Å². The van der Waals surface area contributed by atoms with Gasteiger partial charge in [0.1, 0.15) is 0 Å². The summed E-state index contributed by atoms with van der Waals surface area (Å²) in [6.45, 7) is 6.77. The second-order valence-electron chi connectivity index (χ2n) is 8.37. The summed E-state index contributed by atoms with van der Waals surface area (Å²) in [5, 5.41) is 11.2. The van der Waals surface area contributed by atoms with Gasteiger partial charge in [-0.05, 0) is 62.7 Å². The number of hydrogen-bond donors (Lipinski definition) is 1. The summed E-state index contributed by atoms with van der Waals surface area (Å²) in [6.07, 6.45) is 7.05. The van der Waals surface area contributed by atoms with E-state index in [1.54, 1.807) is 6.20 Å². The Labute approximate surface area is 161 Å². The summed E-state index contributed by atoms with van der Waals surface area (Å²) in [5.41, 5.74) is 1.36. The first kappa shape index (κ1) is 18.6. The van der Waals surface area contributed by atoms with Gasteiger partial charge in [0.15, 0.2) is 0 Å². The second kappa shape index (κ2) is 8.11. The topological polar surface area (TPSA) is 48.8 Å². The number of likely N-dealkylation sites (tertiary alicyclic amines) is 2. The fraction of sp³-hybridized carbons (Fsp3) is 0.750. The average molecular weight is 380 g/mol. The maximum absolute atomic E-state index is 10.5. The van der Waals surface area contributed by atoms with Gasteiger partial charge in [-0.2, -0.15) is 0 Å². The lowest BCUT2D eigenvalue weighted by atomic mass is 9.71. The SMILES string of the molecule is OC1CN(C2CCOCC2)CC2(CCN(Cc3ccc(Cl)cn3)CC2)C1. The lowest BCUT2D eigenvalue weighted by Gasteiger charge is -2.51. The molecule has 3 aliphatic rings. The van der Waals surface area contributed by atoms with Gasteiger partial charge < -0.3 is 9.84 Å². The number of rotatable bonds is 3. The van der Waals surface area contributed by atoms with Crippen LogP contribution in [0.15, 0.2) is 18.3 Å². The van der Waals surface area contributed by atoms with Gasteiger partial charge in [-0.1, -0.05) is 11.6 Å². The summed E-state index contributed by atoms with van der Waals surface area (Å²) < 4.78 is 5.52. The van der Waals surface area contributed by atoms with Crippen LogP contribution in [0.2, 0.25) is 5.02 Å². The zero-order valence-corrected chi connectivity index (χ0v) is 16.2. The fourth-order valence-electron chi connectivity index (χ4n) is 5.00. The van der Waals surface area contributed by atoms with Crippen molar-refractivity contribution in [2.45, 2.75) is 50.8 Å². The van der Waals surface area contributed by atoms with E-state index in [1.165, 1.54) is 0 Å². The highest BCUT2D eigenvalue weighted by atomic mass is 35.5. The molecule has 0 radical (unpaired) electrons. The zero-order valence-electron chi connectivity index (χ0n) is 15.4.